The molecular weight excluding hydrogens is 328 g/mol. The molecule has 1 unspecified atom stereocenters. The van der Waals surface area contributed by atoms with Crippen molar-refractivity contribution in [3.8, 4) is 0 Å². The molecule has 18 heavy (non-hydrogen) atoms. The van der Waals surface area contributed by atoms with E-state index in [1.807, 2.05) is 0 Å². The smallest absolute Gasteiger partial charge is 0.0578 e. The fourth-order valence-corrected chi connectivity index (χ4v) is 4.53. The van der Waals surface area contributed by atoms with Gasteiger partial charge in [0.15, 0.2) is 0 Å². The Morgan fingerprint density at radius 1 is 1.33 bits per heavy atom. The molecule has 2 heterocycles. The van der Waals surface area contributed by atoms with Gasteiger partial charge in [0.1, 0.15) is 0 Å². The van der Waals surface area contributed by atoms with Crippen molar-refractivity contribution < 1.29 is 0 Å². The second-order valence-electron chi connectivity index (χ2n) is 4.03. The van der Waals surface area contributed by atoms with Crippen LogP contribution in [0.3, 0.4) is 0 Å². The highest BCUT2D eigenvalue weighted by Crippen LogP contribution is 2.33. The Morgan fingerprint density at radius 2 is 2.17 bits per heavy atom. The van der Waals surface area contributed by atoms with Crippen molar-refractivity contribution in [3.05, 3.63) is 43.2 Å². The summed E-state index contributed by atoms with van der Waals surface area (Å²) in [6, 6.07) is 6.68. The molecule has 5 heteroatoms. The molecule has 0 aliphatic rings. The van der Waals surface area contributed by atoms with E-state index >= 15 is 0 Å². The van der Waals surface area contributed by atoms with Gasteiger partial charge in [-0.1, -0.05) is 13.0 Å². The summed E-state index contributed by atoms with van der Waals surface area (Å²) in [6.07, 6.45) is 0. The SMILES string of the molecule is CCN(Cc1cccs1)C(CN)c1sccc1Br. The van der Waals surface area contributed by atoms with Gasteiger partial charge in [-0.25, -0.2) is 0 Å². The summed E-state index contributed by atoms with van der Waals surface area (Å²) in [7, 11) is 0. The molecule has 0 saturated heterocycles. The van der Waals surface area contributed by atoms with Gasteiger partial charge in [-0.3, -0.25) is 4.90 Å². The Labute approximate surface area is 125 Å². The zero-order valence-corrected chi connectivity index (χ0v) is 13.5. The van der Waals surface area contributed by atoms with Crippen LogP contribution < -0.4 is 5.73 Å². The molecule has 0 bridgehead atoms. The molecule has 2 aromatic heterocycles. The van der Waals surface area contributed by atoms with E-state index in [0.717, 1.165) is 13.1 Å². The fraction of sp³-hybridized carbons (Fsp3) is 0.385. The minimum atomic E-state index is 0.298. The Bertz CT molecular complexity index is 467. The standard InChI is InChI=1S/C13H17BrN2S2/c1-2-16(9-10-4-3-6-17-10)12(8-15)13-11(14)5-7-18-13/h3-7,12H,2,8-9,15H2,1H3. The van der Waals surface area contributed by atoms with E-state index in [1.165, 1.54) is 14.2 Å². The Morgan fingerprint density at radius 3 is 2.67 bits per heavy atom. The molecule has 98 valence electrons. The van der Waals surface area contributed by atoms with E-state index in [4.69, 9.17) is 5.73 Å². The number of hydrogen-bond acceptors (Lipinski definition) is 4. The van der Waals surface area contributed by atoms with E-state index in [-0.39, 0.29) is 0 Å². The van der Waals surface area contributed by atoms with Crippen LogP contribution in [0.2, 0.25) is 0 Å². The van der Waals surface area contributed by atoms with Crippen molar-refractivity contribution in [2.45, 2.75) is 19.5 Å². The number of rotatable bonds is 6. The van der Waals surface area contributed by atoms with Gasteiger partial charge in [0.25, 0.3) is 0 Å². The Kier molecular flexibility index (Phi) is 5.38. The molecule has 0 aromatic carbocycles. The summed E-state index contributed by atoms with van der Waals surface area (Å²) >= 11 is 7.19. The van der Waals surface area contributed by atoms with Crippen LogP contribution in [0.5, 0.6) is 0 Å². The third kappa shape index (κ3) is 3.22. The molecule has 2 rings (SSSR count). The molecule has 2 nitrogen and oxygen atoms in total. The summed E-state index contributed by atoms with van der Waals surface area (Å²) < 4.78 is 1.17. The second-order valence-corrected chi connectivity index (χ2v) is 6.86. The quantitative estimate of drug-likeness (QED) is 0.854. The lowest BCUT2D eigenvalue weighted by atomic mass is 10.2. The lowest BCUT2D eigenvalue weighted by Gasteiger charge is -2.29. The van der Waals surface area contributed by atoms with Crippen LogP contribution in [0.25, 0.3) is 0 Å². The van der Waals surface area contributed by atoms with Gasteiger partial charge in [-0.2, -0.15) is 0 Å². The molecule has 0 aliphatic heterocycles. The average Bonchev–Trinajstić information content (AvgIpc) is 3.01. The Balaban J connectivity index is 2.16. The van der Waals surface area contributed by atoms with Crippen LogP contribution in [-0.4, -0.2) is 18.0 Å². The van der Waals surface area contributed by atoms with Crippen molar-refractivity contribution in [1.82, 2.24) is 4.90 Å². The Hall–Kier alpha value is -0.200. The van der Waals surface area contributed by atoms with Crippen molar-refractivity contribution in [2.75, 3.05) is 13.1 Å². The van der Waals surface area contributed by atoms with Crippen molar-refractivity contribution in [2.24, 2.45) is 5.73 Å². The van der Waals surface area contributed by atoms with Gasteiger partial charge in [0.05, 0.1) is 6.04 Å². The maximum absolute atomic E-state index is 5.99. The predicted molar refractivity (Wildman–Crippen MR) is 84.2 cm³/mol. The number of nitrogens with zero attached hydrogens (tertiary/aromatic N) is 1. The normalized spacial score (nSPS) is 13.1. The zero-order chi connectivity index (χ0) is 13.0. The summed E-state index contributed by atoms with van der Waals surface area (Å²) in [5, 5.41) is 4.24. The van der Waals surface area contributed by atoms with E-state index in [1.54, 1.807) is 22.7 Å². The van der Waals surface area contributed by atoms with Gasteiger partial charge in [-0.15, -0.1) is 22.7 Å². The van der Waals surface area contributed by atoms with E-state index in [9.17, 15) is 0 Å². The molecule has 0 saturated carbocycles. The highest BCUT2D eigenvalue weighted by molar-refractivity contribution is 9.10. The van der Waals surface area contributed by atoms with Crippen LogP contribution in [0.15, 0.2) is 33.4 Å². The largest absolute Gasteiger partial charge is 0.329 e. The highest BCUT2D eigenvalue weighted by Gasteiger charge is 2.21. The number of halogens is 1. The van der Waals surface area contributed by atoms with Gasteiger partial charge in [0, 0.05) is 27.3 Å². The maximum Gasteiger partial charge on any atom is 0.0578 e. The molecule has 1 atom stereocenters. The van der Waals surface area contributed by atoms with Crippen molar-refractivity contribution in [3.63, 3.8) is 0 Å². The third-order valence-corrected chi connectivity index (χ3v) is 5.79. The highest BCUT2D eigenvalue weighted by atomic mass is 79.9. The van der Waals surface area contributed by atoms with E-state index < -0.39 is 0 Å². The number of thiophene rings is 2. The number of nitrogens with two attached hydrogens (primary N) is 1. The van der Waals surface area contributed by atoms with Crippen LogP contribution in [0, 0.1) is 0 Å². The maximum atomic E-state index is 5.99. The number of likely N-dealkylation sites (N-methyl/N-ethyl adjacent to an activating group) is 1. The fourth-order valence-electron chi connectivity index (χ4n) is 2.01. The van der Waals surface area contributed by atoms with Gasteiger partial charge < -0.3 is 5.73 Å². The first kappa shape index (κ1) is 14.2. The first-order valence-corrected chi connectivity index (χ1v) is 8.50. The van der Waals surface area contributed by atoms with Crippen molar-refractivity contribution in [1.29, 1.82) is 0 Å². The lowest BCUT2D eigenvalue weighted by Crippen LogP contribution is -2.32. The summed E-state index contributed by atoms with van der Waals surface area (Å²) in [5.41, 5.74) is 5.99. The van der Waals surface area contributed by atoms with Gasteiger partial charge >= 0.3 is 0 Å². The summed E-state index contributed by atoms with van der Waals surface area (Å²) in [5.74, 6) is 0. The zero-order valence-electron chi connectivity index (χ0n) is 10.3. The van der Waals surface area contributed by atoms with Gasteiger partial charge in [0.2, 0.25) is 0 Å². The molecule has 0 spiro atoms. The molecule has 2 aromatic rings. The minimum Gasteiger partial charge on any atom is -0.329 e. The van der Waals surface area contributed by atoms with E-state index in [2.05, 4.69) is 56.7 Å². The topological polar surface area (TPSA) is 29.3 Å². The summed E-state index contributed by atoms with van der Waals surface area (Å²) in [6.45, 7) is 4.82. The van der Waals surface area contributed by atoms with Crippen LogP contribution in [0.1, 0.15) is 22.7 Å². The average molecular weight is 345 g/mol. The molecular formula is C13H17BrN2S2. The van der Waals surface area contributed by atoms with Crippen LogP contribution in [0.4, 0.5) is 0 Å². The first-order chi connectivity index (χ1) is 8.76. The number of hydrogen-bond donors (Lipinski definition) is 1. The monoisotopic (exact) mass is 344 g/mol. The second kappa shape index (κ2) is 6.82. The first-order valence-electron chi connectivity index (χ1n) is 5.95. The lowest BCUT2D eigenvalue weighted by molar-refractivity contribution is 0.207. The van der Waals surface area contributed by atoms with Crippen molar-refractivity contribution >= 4 is 38.6 Å². The molecule has 2 N–H and O–H groups in total. The molecule has 0 radical (unpaired) electrons. The molecule has 0 amide bonds. The third-order valence-electron chi connectivity index (χ3n) is 2.96. The van der Waals surface area contributed by atoms with Gasteiger partial charge in [-0.05, 0) is 45.4 Å². The minimum absolute atomic E-state index is 0.298. The molecule has 0 fully saturated rings. The van der Waals surface area contributed by atoms with E-state index in [0.29, 0.717) is 12.6 Å². The molecule has 0 aliphatic carbocycles. The van der Waals surface area contributed by atoms with Crippen LogP contribution >= 0.6 is 38.6 Å². The van der Waals surface area contributed by atoms with Crippen LogP contribution in [-0.2, 0) is 6.54 Å². The predicted octanol–water partition coefficient (Wildman–Crippen LogP) is 4.09. The summed E-state index contributed by atoms with van der Waals surface area (Å²) in [4.78, 5) is 5.15.